The van der Waals surface area contributed by atoms with Crippen LogP contribution in [0.15, 0.2) is 0 Å². The van der Waals surface area contributed by atoms with Crippen molar-refractivity contribution in [3.05, 3.63) is 0 Å². The molecular weight excluding hydrogens is 276 g/mol. The van der Waals surface area contributed by atoms with Crippen LogP contribution in [0.5, 0.6) is 0 Å². The fourth-order valence-corrected chi connectivity index (χ4v) is 4.09. The van der Waals surface area contributed by atoms with Gasteiger partial charge >= 0.3 is 11.9 Å². The Labute approximate surface area is 135 Å². The van der Waals surface area contributed by atoms with Crippen molar-refractivity contribution in [2.24, 2.45) is 29.6 Å². The van der Waals surface area contributed by atoms with E-state index in [0.717, 1.165) is 31.1 Å². The summed E-state index contributed by atoms with van der Waals surface area (Å²) >= 11 is 0. The highest BCUT2D eigenvalue weighted by Gasteiger charge is 2.47. The summed E-state index contributed by atoms with van der Waals surface area (Å²) in [6.07, 6.45) is 10.6. The number of hydrogen-bond donors (Lipinski definition) is 0. The second-order valence-corrected chi connectivity index (χ2v) is 7.99. The second kappa shape index (κ2) is 8.12. The Morgan fingerprint density at radius 2 is 1.64 bits per heavy atom. The van der Waals surface area contributed by atoms with E-state index in [-0.39, 0.29) is 23.8 Å². The lowest BCUT2D eigenvalue weighted by molar-refractivity contribution is -0.153. The van der Waals surface area contributed by atoms with E-state index in [1.165, 1.54) is 38.5 Å². The molecule has 0 aromatic rings. The van der Waals surface area contributed by atoms with Crippen LogP contribution in [0.4, 0.5) is 0 Å². The van der Waals surface area contributed by atoms with Crippen molar-refractivity contribution >= 4 is 11.9 Å². The first-order chi connectivity index (χ1) is 10.5. The molecule has 2 rings (SSSR count). The number of carbonyl (C=O) groups is 2. The SMILES string of the molecule is CC(C)CCCC(C)CCCC1CCC2C(=O)OC(=O)C2C1. The van der Waals surface area contributed by atoms with Gasteiger partial charge in [-0.1, -0.05) is 59.3 Å². The average molecular weight is 308 g/mol. The molecule has 3 nitrogen and oxygen atoms in total. The van der Waals surface area contributed by atoms with Gasteiger partial charge < -0.3 is 4.74 Å². The quantitative estimate of drug-likeness (QED) is 0.480. The van der Waals surface area contributed by atoms with Gasteiger partial charge in [0.05, 0.1) is 11.8 Å². The number of cyclic esters (lactones) is 2. The Morgan fingerprint density at radius 1 is 0.955 bits per heavy atom. The van der Waals surface area contributed by atoms with Crippen LogP contribution in [0, 0.1) is 29.6 Å². The van der Waals surface area contributed by atoms with E-state index in [2.05, 4.69) is 20.8 Å². The maximum Gasteiger partial charge on any atom is 0.317 e. The third kappa shape index (κ3) is 4.82. The molecule has 4 unspecified atom stereocenters. The molecule has 4 atom stereocenters. The van der Waals surface area contributed by atoms with Crippen molar-refractivity contribution in [2.75, 3.05) is 0 Å². The molecule has 0 radical (unpaired) electrons. The first-order valence-corrected chi connectivity index (χ1v) is 9.23. The van der Waals surface area contributed by atoms with Crippen molar-refractivity contribution in [1.82, 2.24) is 0 Å². The summed E-state index contributed by atoms with van der Waals surface area (Å²) in [7, 11) is 0. The van der Waals surface area contributed by atoms with Gasteiger partial charge in [0.2, 0.25) is 0 Å². The van der Waals surface area contributed by atoms with Crippen LogP contribution in [0.25, 0.3) is 0 Å². The number of ether oxygens (including phenoxy) is 1. The predicted octanol–water partition coefficient (Wildman–Crippen LogP) is 4.74. The minimum Gasteiger partial charge on any atom is -0.393 e. The van der Waals surface area contributed by atoms with E-state index in [1.54, 1.807) is 0 Å². The lowest BCUT2D eigenvalue weighted by Crippen LogP contribution is -2.27. The lowest BCUT2D eigenvalue weighted by atomic mass is 9.73. The van der Waals surface area contributed by atoms with Crippen LogP contribution >= 0.6 is 0 Å². The smallest absolute Gasteiger partial charge is 0.317 e. The Morgan fingerprint density at radius 3 is 2.36 bits per heavy atom. The summed E-state index contributed by atoms with van der Waals surface area (Å²) < 4.78 is 4.78. The summed E-state index contributed by atoms with van der Waals surface area (Å²) in [5.74, 6) is 1.45. The zero-order valence-corrected chi connectivity index (χ0v) is 14.5. The first kappa shape index (κ1) is 17.5. The number of rotatable bonds is 8. The van der Waals surface area contributed by atoms with Gasteiger partial charge in [-0.3, -0.25) is 9.59 Å². The highest BCUT2D eigenvalue weighted by Crippen LogP contribution is 2.41. The molecule has 0 bridgehead atoms. The third-order valence-electron chi connectivity index (χ3n) is 5.55. The van der Waals surface area contributed by atoms with E-state index in [1.807, 2.05) is 0 Å². The van der Waals surface area contributed by atoms with E-state index in [0.29, 0.717) is 5.92 Å². The fourth-order valence-electron chi connectivity index (χ4n) is 4.09. The van der Waals surface area contributed by atoms with Gasteiger partial charge in [-0.2, -0.15) is 0 Å². The normalized spacial score (nSPS) is 29.5. The molecule has 0 spiro atoms. The molecule has 22 heavy (non-hydrogen) atoms. The summed E-state index contributed by atoms with van der Waals surface area (Å²) in [4.78, 5) is 23.2. The maximum atomic E-state index is 11.7. The average Bonchev–Trinajstić information content (AvgIpc) is 2.73. The predicted molar refractivity (Wildman–Crippen MR) is 87.1 cm³/mol. The molecule has 1 heterocycles. The Kier molecular flexibility index (Phi) is 6.46. The molecule has 0 aromatic carbocycles. The monoisotopic (exact) mass is 308 g/mol. The molecule has 1 saturated heterocycles. The number of hydrogen-bond acceptors (Lipinski definition) is 3. The van der Waals surface area contributed by atoms with Gasteiger partial charge in [0.1, 0.15) is 0 Å². The van der Waals surface area contributed by atoms with Crippen LogP contribution in [-0.4, -0.2) is 11.9 Å². The van der Waals surface area contributed by atoms with Crippen molar-refractivity contribution in [3.8, 4) is 0 Å². The van der Waals surface area contributed by atoms with Crippen molar-refractivity contribution in [2.45, 2.75) is 78.6 Å². The van der Waals surface area contributed by atoms with Crippen molar-refractivity contribution in [1.29, 1.82) is 0 Å². The van der Waals surface area contributed by atoms with Gasteiger partial charge in [0, 0.05) is 0 Å². The summed E-state index contributed by atoms with van der Waals surface area (Å²) in [5.41, 5.74) is 0. The minimum atomic E-state index is -0.271. The standard InChI is InChI=1S/C19H32O3/c1-13(2)6-4-7-14(3)8-5-9-15-10-11-16-17(12-15)19(21)22-18(16)20/h13-17H,4-12H2,1-3H3. The highest BCUT2D eigenvalue weighted by molar-refractivity contribution is 5.96. The van der Waals surface area contributed by atoms with Crippen molar-refractivity contribution < 1.29 is 14.3 Å². The molecule has 0 aromatic heterocycles. The fraction of sp³-hybridized carbons (Fsp3) is 0.895. The van der Waals surface area contributed by atoms with E-state index in [9.17, 15) is 9.59 Å². The van der Waals surface area contributed by atoms with Crippen LogP contribution in [0.3, 0.4) is 0 Å². The first-order valence-electron chi connectivity index (χ1n) is 9.23. The second-order valence-electron chi connectivity index (χ2n) is 7.99. The molecule has 0 amide bonds. The minimum absolute atomic E-state index is 0.126. The summed E-state index contributed by atoms with van der Waals surface area (Å²) in [5, 5.41) is 0. The van der Waals surface area contributed by atoms with E-state index >= 15 is 0 Å². The zero-order valence-electron chi connectivity index (χ0n) is 14.5. The number of carbonyl (C=O) groups excluding carboxylic acids is 2. The molecular formula is C19H32O3. The summed E-state index contributed by atoms with van der Waals surface area (Å²) in [6, 6.07) is 0. The molecule has 3 heteroatoms. The summed E-state index contributed by atoms with van der Waals surface area (Å²) in [6.45, 7) is 6.95. The highest BCUT2D eigenvalue weighted by atomic mass is 16.6. The van der Waals surface area contributed by atoms with Crippen LogP contribution in [-0.2, 0) is 14.3 Å². The molecule has 2 aliphatic rings. The Hall–Kier alpha value is -0.860. The van der Waals surface area contributed by atoms with Gasteiger partial charge in [-0.15, -0.1) is 0 Å². The Balaban J connectivity index is 1.62. The zero-order chi connectivity index (χ0) is 16.1. The maximum absolute atomic E-state index is 11.7. The Bertz CT molecular complexity index is 388. The van der Waals surface area contributed by atoms with Gasteiger partial charge in [0.25, 0.3) is 0 Å². The molecule has 1 aliphatic heterocycles. The number of fused-ring (bicyclic) bond motifs is 1. The van der Waals surface area contributed by atoms with Crippen LogP contribution in [0.2, 0.25) is 0 Å². The number of esters is 2. The van der Waals surface area contributed by atoms with Gasteiger partial charge in [-0.25, -0.2) is 0 Å². The van der Waals surface area contributed by atoms with Gasteiger partial charge in [0.15, 0.2) is 0 Å². The molecule has 1 aliphatic carbocycles. The molecule has 126 valence electrons. The van der Waals surface area contributed by atoms with E-state index < -0.39 is 0 Å². The lowest BCUT2D eigenvalue weighted by Gasteiger charge is -2.28. The van der Waals surface area contributed by atoms with Crippen LogP contribution < -0.4 is 0 Å². The third-order valence-corrected chi connectivity index (χ3v) is 5.55. The van der Waals surface area contributed by atoms with Crippen LogP contribution in [0.1, 0.15) is 78.6 Å². The topological polar surface area (TPSA) is 43.4 Å². The van der Waals surface area contributed by atoms with E-state index in [4.69, 9.17) is 4.74 Å². The largest absolute Gasteiger partial charge is 0.393 e. The van der Waals surface area contributed by atoms with Crippen molar-refractivity contribution in [3.63, 3.8) is 0 Å². The van der Waals surface area contributed by atoms with Gasteiger partial charge in [-0.05, 0) is 37.0 Å². The molecule has 1 saturated carbocycles. The molecule has 2 fully saturated rings. The molecule has 0 N–H and O–H groups in total.